The minimum Gasteiger partial charge on any atom is -0.497 e. The first-order chi connectivity index (χ1) is 13.1. The summed E-state index contributed by atoms with van der Waals surface area (Å²) in [5, 5.41) is 5.50. The average Bonchev–Trinajstić information content (AvgIpc) is 3.31. The largest absolute Gasteiger partial charge is 0.497 e. The van der Waals surface area contributed by atoms with Gasteiger partial charge in [-0.15, -0.1) is 0 Å². The summed E-state index contributed by atoms with van der Waals surface area (Å²) in [4.78, 5) is 18.6. The highest BCUT2D eigenvalue weighted by atomic mass is 35.5. The summed E-state index contributed by atoms with van der Waals surface area (Å²) in [5.74, 6) is 0.936. The van der Waals surface area contributed by atoms with Gasteiger partial charge in [0.25, 0.3) is 5.91 Å². The zero-order valence-electron chi connectivity index (χ0n) is 15.0. The van der Waals surface area contributed by atoms with Crippen molar-refractivity contribution in [3.8, 4) is 5.75 Å². The van der Waals surface area contributed by atoms with Crippen molar-refractivity contribution in [1.82, 2.24) is 14.8 Å². The van der Waals surface area contributed by atoms with Crippen LogP contribution in [-0.4, -0.2) is 40.9 Å². The molecule has 0 saturated carbocycles. The van der Waals surface area contributed by atoms with Gasteiger partial charge < -0.3 is 15.4 Å². The van der Waals surface area contributed by atoms with Crippen LogP contribution >= 0.6 is 11.6 Å². The molecule has 3 aromatic rings. The van der Waals surface area contributed by atoms with E-state index in [9.17, 15) is 4.79 Å². The second-order valence-electron chi connectivity index (χ2n) is 6.60. The Morgan fingerprint density at radius 1 is 1.26 bits per heavy atom. The number of halogens is 1. The van der Waals surface area contributed by atoms with E-state index < -0.39 is 5.91 Å². The zero-order valence-corrected chi connectivity index (χ0v) is 15.7. The predicted molar refractivity (Wildman–Crippen MR) is 105 cm³/mol. The maximum Gasteiger partial charge on any atom is 0.254 e. The SMILES string of the molecule is COc1ccc(Cn2cc3c(N4CCCC4)nc(Cl)c(C(N)=O)c3n2)cc1. The third kappa shape index (κ3) is 3.30. The lowest BCUT2D eigenvalue weighted by Crippen LogP contribution is -2.21. The number of aromatic nitrogens is 3. The van der Waals surface area contributed by atoms with E-state index in [-0.39, 0.29) is 10.7 Å². The van der Waals surface area contributed by atoms with Gasteiger partial charge in [-0.2, -0.15) is 5.10 Å². The topological polar surface area (TPSA) is 86.3 Å². The van der Waals surface area contributed by atoms with Crippen molar-refractivity contribution >= 4 is 34.2 Å². The molecule has 1 saturated heterocycles. The molecular formula is C19H20ClN5O2. The number of fused-ring (bicyclic) bond motifs is 1. The van der Waals surface area contributed by atoms with Gasteiger partial charge in [0.05, 0.1) is 19.0 Å². The first-order valence-electron chi connectivity index (χ1n) is 8.81. The number of ether oxygens (including phenoxy) is 1. The number of benzene rings is 1. The van der Waals surface area contributed by atoms with E-state index in [1.807, 2.05) is 30.5 Å². The molecule has 7 nitrogen and oxygen atoms in total. The number of carbonyl (C=O) groups is 1. The molecule has 1 fully saturated rings. The number of rotatable bonds is 5. The van der Waals surface area contributed by atoms with Crippen molar-refractivity contribution in [2.24, 2.45) is 5.73 Å². The van der Waals surface area contributed by atoms with Crippen LogP contribution in [0.15, 0.2) is 30.5 Å². The third-order valence-electron chi connectivity index (χ3n) is 4.81. The molecule has 4 rings (SSSR count). The Labute approximate surface area is 161 Å². The number of nitrogens with zero attached hydrogens (tertiary/aromatic N) is 4. The highest BCUT2D eigenvalue weighted by Crippen LogP contribution is 2.33. The van der Waals surface area contributed by atoms with E-state index in [0.717, 1.165) is 48.4 Å². The van der Waals surface area contributed by atoms with Gasteiger partial charge in [-0.1, -0.05) is 23.7 Å². The summed E-state index contributed by atoms with van der Waals surface area (Å²) in [7, 11) is 1.64. The lowest BCUT2D eigenvalue weighted by atomic mass is 10.2. The maximum atomic E-state index is 11.9. The molecule has 2 N–H and O–H groups in total. The molecular weight excluding hydrogens is 366 g/mol. The molecule has 0 bridgehead atoms. The highest BCUT2D eigenvalue weighted by molar-refractivity contribution is 6.34. The van der Waals surface area contributed by atoms with Crippen molar-refractivity contribution in [2.75, 3.05) is 25.1 Å². The zero-order chi connectivity index (χ0) is 19.0. The number of hydrogen-bond donors (Lipinski definition) is 1. The molecule has 0 radical (unpaired) electrons. The Hall–Kier alpha value is -2.80. The molecule has 0 unspecified atom stereocenters. The van der Waals surface area contributed by atoms with Crippen molar-refractivity contribution in [1.29, 1.82) is 0 Å². The van der Waals surface area contributed by atoms with E-state index in [2.05, 4.69) is 15.0 Å². The first kappa shape index (κ1) is 17.6. The van der Waals surface area contributed by atoms with Crippen molar-refractivity contribution < 1.29 is 9.53 Å². The number of carbonyl (C=O) groups excluding carboxylic acids is 1. The van der Waals surface area contributed by atoms with Crippen LogP contribution in [0.1, 0.15) is 28.8 Å². The number of pyridine rings is 1. The molecule has 1 aliphatic rings. The van der Waals surface area contributed by atoms with E-state index >= 15 is 0 Å². The molecule has 0 spiro atoms. The van der Waals surface area contributed by atoms with Crippen LogP contribution in [0.2, 0.25) is 5.15 Å². The van der Waals surface area contributed by atoms with Gasteiger partial charge >= 0.3 is 0 Å². The third-order valence-corrected chi connectivity index (χ3v) is 5.08. The Balaban J connectivity index is 1.79. The number of nitrogens with two attached hydrogens (primary N) is 1. The second kappa shape index (κ2) is 7.08. The van der Waals surface area contributed by atoms with Crippen molar-refractivity contribution in [3.63, 3.8) is 0 Å². The molecule has 3 heterocycles. The normalized spacial score (nSPS) is 14.1. The van der Waals surface area contributed by atoms with Gasteiger partial charge in [-0.05, 0) is 30.5 Å². The summed E-state index contributed by atoms with van der Waals surface area (Å²) in [5.41, 5.74) is 7.27. The fraction of sp³-hybridized carbons (Fsp3) is 0.316. The Kier molecular flexibility index (Phi) is 4.61. The molecule has 0 aliphatic carbocycles. The molecule has 1 aliphatic heterocycles. The number of amides is 1. The quantitative estimate of drug-likeness (QED) is 0.682. The summed E-state index contributed by atoms with van der Waals surface area (Å²) in [6.45, 7) is 2.38. The van der Waals surface area contributed by atoms with Gasteiger partial charge in [0.1, 0.15) is 27.8 Å². The lowest BCUT2D eigenvalue weighted by Gasteiger charge is -2.18. The van der Waals surface area contributed by atoms with E-state index in [4.69, 9.17) is 22.1 Å². The van der Waals surface area contributed by atoms with Crippen LogP contribution in [0.4, 0.5) is 5.82 Å². The smallest absolute Gasteiger partial charge is 0.254 e. The molecule has 0 atom stereocenters. The van der Waals surface area contributed by atoms with Crippen LogP contribution in [-0.2, 0) is 6.54 Å². The van der Waals surface area contributed by atoms with Crippen LogP contribution in [0.3, 0.4) is 0 Å². The van der Waals surface area contributed by atoms with Gasteiger partial charge in [-0.3, -0.25) is 9.48 Å². The maximum absolute atomic E-state index is 11.9. The summed E-state index contributed by atoms with van der Waals surface area (Å²) in [6, 6.07) is 7.77. The van der Waals surface area contributed by atoms with Gasteiger partial charge in [0.15, 0.2) is 0 Å². The molecule has 27 heavy (non-hydrogen) atoms. The summed E-state index contributed by atoms with van der Waals surface area (Å²) >= 11 is 6.28. The van der Waals surface area contributed by atoms with Gasteiger partial charge in [-0.25, -0.2) is 4.98 Å². The van der Waals surface area contributed by atoms with Crippen LogP contribution in [0.5, 0.6) is 5.75 Å². The summed E-state index contributed by atoms with van der Waals surface area (Å²) in [6.07, 6.45) is 4.12. The van der Waals surface area contributed by atoms with Crippen LogP contribution in [0.25, 0.3) is 10.9 Å². The van der Waals surface area contributed by atoms with Crippen LogP contribution < -0.4 is 15.4 Å². The van der Waals surface area contributed by atoms with Gasteiger partial charge in [0, 0.05) is 19.3 Å². The van der Waals surface area contributed by atoms with E-state index in [0.29, 0.717) is 12.1 Å². The number of methoxy groups -OCH3 is 1. The summed E-state index contributed by atoms with van der Waals surface area (Å²) < 4.78 is 6.98. The fourth-order valence-electron chi connectivity index (χ4n) is 3.46. The standard InChI is InChI=1S/C19H20ClN5O2/c1-27-13-6-4-12(5-7-13)10-25-11-14-16(23-25)15(18(21)26)17(20)22-19(14)24-8-2-3-9-24/h4-7,11H,2-3,8-10H2,1H3,(H2,21,26). The Morgan fingerprint density at radius 3 is 2.59 bits per heavy atom. The minimum atomic E-state index is -0.625. The Morgan fingerprint density at radius 2 is 1.96 bits per heavy atom. The molecule has 140 valence electrons. The van der Waals surface area contributed by atoms with Gasteiger partial charge in [0.2, 0.25) is 0 Å². The van der Waals surface area contributed by atoms with Crippen molar-refractivity contribution in [3.05, 3.63) is 46.7 Å². The molecule has 8 heteroatoms. The molecule has 2 aromatic heterocycles. The van der Waals surface area contributed by atoms with Crippen LogP contribution in [0, 0.1) is 0 Å². The predicted octanol–water partition coefficient (Wildman–Crippen LogP) is 2.84. The minimum absolute atomic E-state index is 0.103. The van der Waals surface area contributed by atoms with E-state index in [1.165, 1.54) is 0 Å². The fourth-order valence-corrected chi connectivity index (χ4v) is 3.73. The second-order valence-corrected chi connectivity index (χ2v) is 6.95. The Bertz CT molecular complexity index is 993. The van der Waals surface area contributed by atoms with E-state index in [1.54, 1.807) is 11.8 Å². The lowest BCUT2D eigenvalue weighted by molar-refractivity contribution is 0.100. The number of hydrogen-bond acceptors (Lipinski definition) is 5. The monoisotopic (exact) mass is 385 g/mol. The first-order valence-corrected chi connectivity index (χ1v) is 9.19. The molecule has 1 amide bonds. The van der Waals surface area contributed by atoms with Crippen molar-refractivity contribution in [2.45, 2.75) is 19.4 Å². The molecule has 1 aromatic carbocycles. The highest BCUT2D eigenvalue weighted by Gasteiger charge is 2.24. The number of primary amides is 1. The number of anilines is 1. The average molecular weight is 386 g/mol.